The number of piperazine rings is 1. The summed E-state index contributed by atoms with van der Waals surface area (Å²) in [4.78, 5) is 24.4. The molecule has 2 rings (SSSR count). The Hall–Kier alpha value is -1.68. The molecule has 1 fully saturated rings. The first kappa shape index (κ1) is 20.6. The van der Waals surface area contributed by atoms with Gasteiger partial charge in [-0.25, -0.2) is 13.2 Å². The number of halogens is 1. The van der Waals surface area contributed by atoms with E-state index < -0.39 is 16.1 Å². The fourth-order valence-electron chi connectivity index (χ4n) is 2.71. The smallest absolute Gasteiger partial charge is 0.321 e. The lowest BCUT2D eigenvalue weighted by atomic mass is 10.3. The van der Waals surface area contributed by atoms with Crippen LogP contribution in [-0.2, 0) is 14.8 Å². The zero-order chi connectivity index (χ0) is 19.3. The number of sulfonamides is 1. The molecule has 1 aliphatic rings. The highest BCUT2D eigenvalue weighted by Gasteiger charge is 2.32. The van der Waals surface area contributed by atoms with Crippen LogP contribution in [0.25, 0.3) is 0 Å². The highest BCUT2D eigenvalue weighted by molar-refractivity contribution is 7.89. The number of urea groups is 1. The topological polar surface area (TPSA) is 100 Å². The second-order valence-electron chi connectivity index (χ2n) is 6.44. The Morgan fingerprint density at radius 1 is 1.23 bits per heavy atom. The average Bonchev–Trinajstić information content (AvgIpc) is 2.54. The molecule has 0 radical (unpaired) electrons. The molecule has 1 saturated heterocycles. The number of nitrogens with zero attached hydrogens (tertiary/aromatic N) is 1. The fraction of sp³-hybridized carbons (Fsp3) is 0.500. The Labute approximate surface area is 158 Å². The number of quaternary nitrogens is 1. The normalized spacial score (nSPS) is 16.5. The summed E-state index contributed by atoms with van der Waals surface area (Å²) in [6.07, 6.45) is 0. The van der Waals surface area contributed by atoms with Crippen LogP contribution < -0.4 is 15.5 Å². The number of carbonyl (C=O) groups excluding carboxylic acids is 2. The summed E-state index contributed by atoms with van der Waals surface area (Å²) in [6, 6.07) is 5.75. The third-order valence-electron chi connectivity index (χ3n) is 3.97. The highest BCUT2D eigenvalue weighted by Crippen LogP contribution is 2.23. The first-order chi connectivity index (χ1) is 12.2. The minimum absolute atomic E-state index is 0.0614. The molecule has 0 aromatic heterocycles. The van der Waals surface area contributed by atoms with Gasteiger partial charge in [-0.3, -0.25) is 10.1 Å². The zero-order valence-electron chi connectivity index (χ0n) is 14.8. The molecule has 0 unspecified atom stereocenters. The van der Waals surface area contributed by atoms with E-state index in [1.54, 1.807) is 32.0 Å². The molecular weight excluding hydrogens is 380 g/mol. The maximum Gasteiger partial charge on any atom is 0.321 e. The Morgan fingerprint density at radius 2 is 1.85 bits per heavy atom. The van der Waals surface area contributed by atoms with Crippen LogP contribution in [0.15, 0.2) is 29.2 Å². The Balaban J connectivity index is 1.88. The van der Waals surface area contributed by atoms with Crippen LogP contribution in [0.2, 0.25) is 5.02 Å². The molecule has 10 heteroatoms. The molecule has 0 spiro atoms. The summed E-state index contributed by atoms with van der Waals surface area (Å²) in [5.41, 5.74) is 0. The molecule has 8 nitrogen and oxygen atoms in total. The molecule has 0 atom stereocenters. The highest BCUT2D eigenvalue weighted by atomic mass is 35.5. The molecule has 1 heterocycles. The van der Waals surface area contributed by atoms with Gasteiger partial charge in [0.05, 0.1) is 31.2 Å². The summed E-state index contributed by atoms with van der Waals surface area (Å²) in [7, 11) is -3.65. The first-order valence-corrected chi connectivity index (χ1v) is 10.2. The van der Waals surface area contributed by atoms with Gasteiger partial charge in [-0.05, 0) is 26.0 Å². The maximum atomic E-state index is 12.7. The standard InChI is InChI=1S/C16H23ClN4O4S/c1-12(2)18-16(23)19-15(22)11-20-7-9-21(10-8-20)26(24,25)14-6-4-3-5-13(14)17/h3-6,12H,7-11H2,1-2H3,(H2,18,19,22,23)/p+1. The molecule has 3 amide bonds. The van der Waals surface area contributed by atoms with E-state index in [0.717, 1.165) is 4.90 Å². The Morgan fingerprint density at radius 3 is 2.42 bits per heavy atom. The number of imide groups is 1. The third-order valence-corrected chi connectivity index (χ3v) is 6.37. The summed E-state index contributed by atoms with van der Waals surface area (Å²) in [5.74, 6) is -0.388. The van der Waals surface area contributed by atoms with Gasteiger partial charge in [0.2, 0.25) is 10.0 Å². The number of hydrogen-bond donors (Lipinski definition) is 3. The minimum Gasteiger partial charge on any atom is -0.336 e. The first-order valence-electron chi connectivity index (χ1n) is 8.38. The van der Waals surface area contributed by atoms with Crippen molar-refractivity contribution in [3.8, 4) is 0 Å². The van der Waals surface area contributed by atoms with Crippen molar-refractivity contribution in [2.45, 2.75) is 24.8 Å². The predicted octanol–water partition coefficient (Wildman–Crippen LogP) is -0.537. The molecular formula is C16H24ClN4O4S+. The van der Waals surface area contributed by atoms with Gasteiger partial charge in [-0.2, -0.15) is 4.31 Å². The largest absolute Gasteiger partial charge is 0.336 e. The lowest BCUT2D eigenvalue weighted by Crippen LogP contribution is -3.15. The Kier molecular flexibility index (Phi) is 6.99. The fourth-order valence-corrected chi connectivity index (χ4v) is 4.64. The third kappa shape index (κ3) is 5.41. The van der Waals surface area contributed by atoms with Crippen molar-refractivity contribution in [3.63, 3.8) is 0 Å². The minimum atomic E-state index is -3.65. The second kappa shape index (κ2) is 8.81. The van der Waals surface area contributed by atoms with Crippen LogP contribution >= 0.6 is 11.6 Å². The van der Waals surface area contributed by atoms with Crippen LogP contribution in [-0.4, -0.2) is 63.4 Å². The van der Waals surface area contributed by atoms with E-state index in [9.17, 15) is 18.0 Å². The van der Waals surface area contributed by atoms with Gasteiger partial charge >= 0.3 is 6.03 Å². The van der Waals surface area contributed by atoms with E-state index in [-0.39, 0.29) is 41.5 Å². The molecule has 1 aromatic carbocycles. The zero-order valence-corrected chi connectivity index (χ0v) is 16.4. The van der Waals surface area contributed by atoms with E-state index in [1.165, 1.54) is 10.4 Å². The molecule has 0 aliphatic carbocycles. The van der Waals surface area contributed by atoms with E-state index in [1.807, 2.05) is 0 Å². The summed E-state index contributed by atoms with van der Waals surface area (Å²) in [5, 5.41) is 5.05. The average molecular weight is 404 g/mol. The van der Waals surface area contributed by atoms with Crippen molar-refractivity contribution < 1.29 is 22.9 Å². The van der Waals surface area contributed by atoms with Crippen LogP contribution in [0.4, 0.5) is 4.79 Å². The van der Waals surface area contributed by atoms with Gasteiger partial charge in [0, 0.05) is 6.04 Å². The van der Waals surface area contributed by atoms with E-state index in [4.69, 9.17) is 11.6 Å². The number of nitrogens with one attached hydrogen (secondary N) is 3. The number of benzene rings is 1. The van der Waals surface area contributed by atoms with Crippen molar-refractivity contribution in [1.29, 1.82) is 0 Å². The van der Waals surface area contributed by atoms with Crippen LogP contribution in [0.1, 0.15) is 13.8 Å². The van der Waals surface area contributed by atoms with Gasteiger partial charge in [0.25, 0.3) is 5.91 Å². The monoisotopic (exact) mass is 403 g/mol. The second-order valence-corrected chi connectivity index (χ2v) is 8.75. The van der Waals surface area contributed by atoms with E-state index >= 15 is 0 Å². The quantitative estimate of drug-likeness (QED) is 0.615. The number of rotatable bonds is 5. The lowest BCUT2D eigenvalue weighted by Gasteiger charge is -2.31. The molecule has 144 valence electrons. The van der Waals surface area contributed by atoms with E-state index in [0.29, 0.717) is 13.1 Å². The van der Waals surface area contributed by atoms with Crippen molar-refractivity contribution in [3.05, 3.63) is 29.3 Å². The molecule has 3 N–H and O–H groups in total. The van der Waals surface area contributed by atoms with Crippen LogP contribution in [0.3, 0.4) is 0 Å². The number of hydrogen-bond acceptors (Lipinski definition) is 4. The van der Waals surface area contributed by atoms with Gasteiger partial charge in [-0.1, -0.05) is 23.7 Å². The molecule has 0 saturated carbocycles. The van der Waals surface area contributed by atoms with Crippen molar-refractivity contribution in [2.24, 2.45) is 0 Å². The van der Waals surface area contributed by atoms with Crippen LogP contribution in [0, 0.1) is 0 Å². The number of carbonyl (C=O) groups is 2. The van der Waals surface area contributed by atoms with Crippen molar-refractivity contribution >= 4 is 33.6 Å². The predicted molar refractivity (Wildman–Crippen MR) is 97.6 cm³/mol. The van der Waals surface area contributed by atoms with Gasteiger partial charge in [-0.15, -0.1) is 0 Å². The molecule has 0 bridgehead atoms. The lowest BCUT2D eigenvalue weighted by molar-refractivity contribution is -0.895. The van der Waals surface area contributed by atoms with Gasteiger partial charge in [0.1, 0.15) is 4.90 Å². The molecule has 1 aromatic rings. The number of amides is 3. The van der Waals surface area contributed by atoms with Gasteiger partial charge < -0.3 is 10.2 Å². The SMILES string of the molecule is CC(C)NC(=O)NC(=O)C[NH+]1CCN(S(=O)(=O)c2ccccc2Cl)CC1. The summed E-state index contributed by atoms with van der Waals surface area (Å²) in [6.45, 7) is 5.24. The van der Waals surface area contributed by atoms with Crippen molar-refractivity contribution in [2.75, 3.05) is 32.7 Å². The molecule has 26 heavy (non-hydrogen) atoms. The van der Waals surface area contributed by atoms with Gasteiger partial charge in [0.15, 0.2) is 6.54 Å². The maximum absolute atomic E-state index is 12.7. The van der Waals surface area contributed by atoms with E-state index in [2.05, 4.69) is 10.6 Å². The van der Waals surface area contributed by atoms with Crippen LogP contribution in [0.5, 0.6) is 0 Å². The summed E-state index contributed by atoms with van der Waals surface area (Å²) < 4.78 is 26.7. The van der Waals surface area contributed by atoms with Crippen molar-refractivity contribution in [1.82, 2.24) is 14.9 Å². The molecule has 1 aliphatic heterocycles. The summed E-state index contributed by atoms with van der Waals surface area (Å²) >= 11 is 6.01. The Bertz CT molecular complexity index is 761.